The number of hydrogen-bond acceptors (Lipinski definition) is 3. The number of Topliss-reactive ketones (excluding diaryl/α,β-unsaturated/α-hetero) is 1. The average molecular weight is 496 g/mol. The Morgan fingerprint density at radius 3 is 2.47 bits per heavy atom. The van der Waals surface area contributed by atoms with E-state index in [1.54, 1.807) is 6.08 Å². The zero-order chi connectivity index (χ0) is 25.9. The van der Waals surface area contributed by atoms with Crippen molar-refractivity contribution in [2.75, 3.05) is 12.4 Å². The molecular weight excluding hydrogens is 463 g/mol. The third-order valence-corrected chi connectivity index (χ3v) is 9.55. The smallest absolute Gasteiger partial charge is 0.388 e. The van der Waals surface area contributed by atoms with Crippen molar-refractivity contribution in [1.29, 1.82) is 0 Å². The van der Waals surface area contributed by atoms with Gasteiger partial charge in [-0.05, 0) is 97.6 Å². The summed E-state index contributed by atoms with van der Waals surface area (Å²) < 4.78 is 39.8. The molecule has 190 valence electrons. The highest BCUT2D eigenvalue weighted by atomic mass is 19.4. The van der Waals surface area contributed by atoms with Crippen LogP contribution in [-0.2, 0) is 9.59 Å². The number of allylic oxidation sites excluding steroid dienone is 4. The van der Waals surface area contributed by atoms with Gasteiger partial charge in [-0.25, -0.2) is 0 Å². The van der Waals surface area contributed by atoms with Gasteiger partial charge in [0, 0.05) is 31.0 Å². The van der Waals surface area contributed by atoms with E-state index in [9.17, 15) is 22.8 Å². The lowest BCUT2D eigenvalue weighted by molar-refractivity contribution is -0.130. The average Bonchev–Trinajstić information content (AvgIpc) is 3.14. The second-order valence-corrected chi connectivity index (χ2v) is 11.1. The predicted molar refractivity (Wildman–Crippen MR) is 133 cm³/mol. The van der Waals surface area contributed by atoms with Gasteiger partial charge in [0.05, 0.1) is 5.41 Å². The minimum atomic E-state index is -4.64. The topological polar surface area (TPSA) is 46.2 Å². The number of benzene rings is 1. The molecule has 5 rings (SSSR count). The van der Waals surface area contributed by atoms with E-state index < -0.39 is 17.0 Å². The van der Waals surface area contributed by atoms with Crippen molar-refractivity contribution in [2.45, 2.75) is 70.9 Å². The van der Waals surface area contributed by atoms with Gasteiger partial charge in [0.15, 0.2) is 5.78 Å². The molecule has 4 aliphatic carbocycles. The van der Waals surface area contributed by atoms with Crippen molar-refractivity contribution in [2.24, 2.45) is 22.7 Å². The fraction of sp³-hybridized carbons (Fsp3) is 0.533. The van der Waals surface area contributed by atoms with Gasteiger partial charge in [0.1, 0.15) is 5.78 Å². The zero-order valence-electron chi connectivity index (χ0n) is 21.0. The van der Waals surface area contributed by atoms with Gasteiger partial charge in [-0.1, -0.05) is 30.6 Å². The monoisotopic (exact) mass is 495 g/mol. The fourth-order valence-corrected chi connectivity index (χ4v) is 7.92. The van der Waals surface area contributed by atoms with E-state index in [0.717, 1.165) is 36.1 Å². The number of alkyl halides is 3. The molecule has 0 heterocycles. The standard InChI is InChI=1S/C30H32F3NO2/c1-18(35)29(14-15-30(31,32)33)13-12-26-24-10-6-20-16-22(36)9-11-23(20)27(24)25(17-28(26,29)2)19-4-7-21(34-3)8-5-19/h4-5,7-8,16,24-26,34H,6,9-13,17H2,1-3H3/t24-,25+,26-,28-,29+/m0/s1. The van der Waals surface area contributed by atoms with Crippen molar-refractivity contribution >= 4 is 17.3 Å². The van der Waals surface area contributed by atoms with Crippen LogP contribution in [0.4, 0.5) is 18.9 Å². The van der Waals surface area contributed by atoms with E-state index in [0.29, 0.717) is 25.7 Å². The van der Waals surface area contributed by atoms with E-state index in [4.69, 9.17) is 0 Å². The summed E-state index contributed by atoms with van der Waals surface area (Å²) >= 11 is 0. The molecule has 0 aliphatic heterocycles. The Hall–Kier alpha value is -2.81. The first-order valence-corrected chi connectivity index (χ1v) is 12.9. The normalized spacial score (nSPS) is 33.6. The maximum atomic E-state index is 13.3. The molecule has 2 saturated carbocycles. The first-order chi connectivity index (χ1) is 17.0. The van der Waals surface area contributed by atoms with Gasteiger partial charge < -0.3 is 5.32 Å². The van der Waals surface area contributed by atoms with E-state index in [1.165, 1.54) is 24.0 Å². The van der Waals surface area contributed by atoms with Gasteiger partial charge in [0.25, 0.3) is 0 Å². The van der Waals surface area contributed by atoms with E-state index in [1.807, 2.05) is 26.1 Å². The van der Waals surface area contributed by atoms with Crippen LogP contribution in [-0.4, -0.2) is 24.8 Å². The highest BCUT2D eigenvalue weighted by molar-refractivity contribution is 5.93. The highest BCUT2D eigenvalue weighted by Gasteiger charge is 2.65. The molecule has 0 amide bonds. The summed E-state index contributed by atoms with van der Waals surface area (Å²) in [5, 5.41) is 3.14. The van der Waals surface area contributed by atoms with Crippen LogP contribution >= 0.6 is 0 Å². The molecule has 4 aliphatic rings. The molecule has 2 fully saturated rings. The fourth-order valence-electron chi connectivity index (χ4n) is 7.92. The SMILES string of the molecule is CNc1ccc([C@H]2C[C@@]3(C)[C@@H](CC[C@@]3(C#CC(F)(F)F)C(C)=O)[C@@H]3CCC4=CC(=O)CCC4=C32)cc1. The summed E-state index contributed by atoms with van der Waals surface area (Å²) in [5.74, 6) is 4.15. The van der Waals surface area contributed by atoms with Crippen molar-refractivity contribution in [3.05, 3.63) is 52.6 Å². The van der Waals surface area contributed by atoms with E-state index in [-0.39, 0.29) is 29.3 Å². The van der Waals surface area contributed by atoms with E-state index >= 15 is 0 Å². The number of halogens is 3. The summed E-state index contributed by atoms with van der Waals surface area (Å²) in [7, 11) is 1.86. The zero-order valence-corrected chi connectivity index (χ0v) is 21.0. The summed E-state index contributed by atoms with van der Waals surface area (Å²) in [5.41, 5.74) is 3.85. The van der Waals surface area contributed by atoms with Crippen LogP contribution in [0, 0.1) is 34.5 Å². The van der Waals surface area contributed by atoms with Crippen LogP contribution in [0.25, 0.3) is 0 Å². The Labute approximate surface area is 210 Å². The number of anilines is 1. The Kier molecular flexibility index (Phi) is 5.97. The van der Waals surface area contributed by atoms with Crippen molar-refractivity contribution < 1.29 is 22.8 Å². The highest BCUT2D eigenvalue weighted by Crippen LogP contribution is 2.69. The van der Waals surface area contributed by atoms with Crippen LogP contribution in [0.2, 0.25) is 0 Å². The number of carbonyl (C=O) groups excluding carboxylic acids is 2. The van der Waals surface area contributed by atoms with Gasteiger partial charge in [-0.2, -0.15) is 13.2 Å². The Morgan fingerprint density at radius 2 is 1.83 bits per heavy atom. The Bertz CT molecular complexity index is 1230. The number of ketones is 2. The predicted octanol–water partition coefficient (Wildman–Crippen LogP) is 6.77. The third kappa shape index (κ3) is 3.83. The van der Waals surface area contributed by atoms with E-state index in [2.05, 4.69) is 23.4 Å². The summed E-state index contributed by atoms with van der Waals surface area (Å²) in [4.78, 5) is 25.4. The number of carbonyl (C=O) groups is 2. The molecule has 0 unspecified atom stereocenters. The maximum absolute atomic E-state index is 13.3. The molecule has 0 saturated heterocycles. The molecule has 36 heavy (non-hydrogen) atoms. The van der Waals surface area contributed by atoms with Crippen molar-refractivity contribution in [3.63, 3.8) is 0 Å². The second-order valence-electron chi connectivity index (χ2n) is 11.1. The number of hydrogen-bond donors (Lipinski definition) is 1. The van der Waals surface area contributed by atoms with Crippen LogP contribution in [0.3, 0.4) is 0 Å². The lowest BCUT2D eigenvalue weighted by Gasteiger charge is -2.54. The molecule has 1 N–H and O–H groups in total. The van der Waals surface area contributed by atoms with Gasteiger partial charge in [0.2, 0.25) is 0 Å². The third-order valence-electron chi connectivity index (χ3n) is 9.55. The van der Waals surface area contributed by atoms with Gasteiger partial charge in [-0.3, -0.25) is 9.59 Å². The minimum Gasteiger partial charge on any atom is -0.388 e. The maximum Gasteiger partial charge on any atom is 0.457 e. The molecule has 0 bridgehead atoms. The molecule has 6 heteroatoms. The summed E-state index contributed by atoms with van der Waals surface area (Å²) in [6.07, 6.45) is 1.65. The second kappa shape index (κ2) is 8.64. The Balaban J connectivity index is 1.70. The van der Waals surface area contributed by atoms with Crippen LogP contribution in [0.1, 0.15) is 70.3 Å². The van der Waals surface area contributed by atoms with Crippen molar-refractivity contribution in [1.82, 2.24) is 0 Å². The Morgan fingerprint density at radius 1 is 1.11 bits per heavy atom. The van der Waals surface area contributed by atoms with Crippen molar-refractivity contribution in [3.8, 4) is 11.8 Å². The molecular formula is C30H32F3NO2. The number of fused-ring (bicyclic) bond motifs is 4. The molecule has 0 radical (unpaired) electrons. The molecule has 1 aromatic rings. The summed E-state index contributed by atoms with van der Waals surface area (Å²) in [6.45, 7) is 3.43. The van der Waals surface area contributed by atoms with Crippen LogP contribution < -0.4 is 5.32 Å². The first kappa shape index (κ1) is 24.9. The number of rotatable bonds is 3. The first-order valence-electron chi connectivity index (χ1n) is 12.9. The molecule has 1 aromatic carbocycles. The van der Waals surface area contributed by atoms with Crippen LogP contribution in [0.5, 0.6) is 0 Å². The van der Waals surface area contributed by atoms with Gasteiger partial charge in [-0.15, -0.1) is 0 Å². The molecule has 0 aromatic heterocycles. The largest absolute Gasteiger partial charge is 0.457 e. The lowest BCUT2D eigenvalue weighted by atomic mass is 9.48. The minimum absolute atomic E-state index is 0.0291. The number of nitrogens with one attached hydrogen (secondary N) is 1. The van der Waals surface area contributed by atoms with Gasteiger partial charge >= 0.3 is 6.18 Å². The lowest BCUT2D eigenvalue weighted by Crippen LogP contribution is -2.50. The molecule has 0 spiro atoms. The molecule has 5 atom stereocenters. The molecule has 3 nitrogen and oxygen atoms in total. The van der Waals surface area contributed by atoms with Crippen LogP contribution in [0.15, 0.2) is 47.1 Å². The quantitative estimate of drug-likeness (QED) is 0.471. The summed E-state index contributed by atoms with van der Waals surface area (Å²) in [6, 6.07) is 8.21.